The average Bonchev–Trinajstić information content (AvgIpc) is 2.60. The first-order valence-corrected chi connectivity index (χ1v) is 12.1. The molecule has 0 aromatic heterocycles. The zero-order valence-electron chi connectivity index (χ0n) is 21.4. The summed E-state index contributed by atoms with van der Waals surface area (Å²) < 4.78 is 40.2. The second-order valence-corrected chi connectivity index (χ2v) is 9.67. The Morgan fingerprint density at radius 1 is 0.621 bits per heavy atom. The molecule has 0 atom stereocenters. The number of hydrogen-bond donors (Lipinski definition) is 0. The van der Waals surface area contributed by atoms with Crippen LogP contribution >= 0.6 is 0 Å². The molecule has 0 aromatic carbocycles. The Hall–Kier alpha value is -0.255. The maximum atomic E-state index is 9.75. The normalized spacial score (nSPS) is 12.6. The SMILES string of the molecule is CCCCCCCCCCCCCCCC[N+](C)(C)C(C)(C)CC.F[B-](F)(F)F.[H+]. The molecule has 178 valence electrons. The van der Waals surface area contributed by atoms with Crippen LogP contribution in [0.2, 0.25) is 0 Å². The summed E-state index contributed by atoms with van der Waals surface area (Å²) >= 11 is 0. The predicted octanol–water partition coefficient (Wildman–Crippen LogP) is 9.15. The largest absolute Gasteiger partial charge is 1.00 e. The van der Waals surface area contributed by atoms with Crippen LogP contribution in [-0.2, 0) is 0 Å². The Morgan fingerprint density at radius 3 is 1.17 bits per heavy atom. The molecule has 0 saturated heterocycles. The lowest BCUT2D eigenvalue weighted by Gasteiger charge is -2.44. The fraction of sp³-hybridized carbons (Fsp3) is 1.00. The highest BCUT2D eigenvalue weighted by molar-refractivity contribution is 6.50. The van der Waals surface area contributed by atoms with Crippen LogP contribution in [0, 0.1) is 0 Å². The molecule has 0 heterocycles. The maximum absolute atomic E-state index is 9.75. The number of quaternary nitrogens is 1. The molecule has 0 saturated carbocycles. The smallest absolute Gasteiger partial charge is 0.418 e. The molecule has 0 spiro atoms. The second kappa shape index (κ2) is 17.4. The van der Waals surface area contributed by atoms with Crippen LogP contribution in [0.4, 0.5) is 17.3 Å². The van der Waals surface area contributed by atoms with Gasteiger partial charge in [0.05, 0.1) is 26.2 Å². The Morgan fingerprint density at radius 2 is 0.897 bits per heavy atom. The van der Waals surface area contributed by atoms with Gasteiger partial charge in [0.2, 0.25) is 0 Å². The summed E-state index contributed by atoms with van der Waals surface area (Å²) in [5.41, 5.74) is 0.413. The van der Waals surface area contributed by atoms with Crippen LogP contribution in [0.3, 0.4) is 0 Å². The molecule has 0 fully saturated rings. The van der Waals surface area contributed by atoms with Gasteiger partial charge in [0.1, 0.15) is 0 Å². The lowest BCUT2D eigenvalue weighted by atomic mass is 9.96. The third-order valence-electron chi connectivity index (χ3n) is 6.57. The van der Waals surface area contributed by atoms with Gasteiger partial charge in [-0.1, -0.05) is 90.9 Å². The number of unbranched alkanes of at least 4 members (excludes halogenated alkanes) is 13. The van der Waals surface area contributed by atoms with E-state index in [9.17, 15) is 17.3 Å². The molecule has 0 unspecified atom stereocenters. The standard InChI is InChI=1S/C23H50N.BF4/c1-7-9-10-11-12-13-14-15-16-17-18-19-20-21-22-24(5,6)23(3,4)8-2;2-1(3,4)5/h7-22H2,1-6H3;/q+1;-1/p+1. The van der Waals surface area contributed by atoms with Crippen molar-refractivity contribution >= 4 is 7.25 Å². The van der Waals surface area contributed by atoms with E-state index in [1.165, 1.54) is 107 Å². The molecule has 0 amide bonds. The van der Waals surface area contributed by atoms with E-state index < -0.39 is 7.25 Å². The molecular formula is C23H51BF4N+. The van der Waals surface area contributed by atoms with E-state index in [0.717, 1.165) is 0 Å². The zero-order chi connectivity index (χ0) is 22.8. The fourth-order valence-electron chi connectivity index (χ4n) is 3.43. The Bertz CT molecular complexity index is 358. The summed E-state index contributed by atoms with van der Waals surface area (Å²) in [5.74, 6) is 0. The lowest BCUT2D eigenvalue weighted by Crippen LogP contribution is -2.56. The summed E-state index contributed by atoms with van der Waals surface area (Å²) in [6, 6.07) is 0. The van der Waals surface area contributed by atoms with Crippen molar-refractivity contribution in [1.82, 2.24) is 0 Å². The fourth-order valence-corrected chi connectivity index (χ4v) is 3.43. The van der Waals surface area contributed by atoms with E-state index in [2.05, 4.69) is 41.8 Å². The minimum atomic E-state index is -6.00. The van der Waals surface area contributed by atoms with E-state index in [4.69, 9.17) is 0 Å². The summed E-state index contributed by atoms with van der Waals surface area (Å²) in [6.07, 6.45) is 21.6. The molecule has 0 aliphatic heterocycles. The monoisotopic (exact) mass is 428 g/mol. The number of nitrogens with zero attached hydrogens (tertiary/aromatic N) is 1. The minimum Gasteiger partial charge on any atom is -0.418 e. The van der Waals surface area contributed by atoms with E-state index in [0.29, 0.717) is 5.54 Å². The van der Waals surface area contributed by atoms with Gasteiger partial charge in [-0.25, -0.2) is 0 Å². The highest BCUT2D eigenvalue weighted by Gasteiger charge is 2.33. The molecule has 1 nitrogen and oxygen atoms in total. The van der Waals surface area contributed by atoms with Gasteiger partial charge in [-0.2, -0.15) is 0 Å². The Balaban J connectivity index is -0.00000108. The van der Waals surface area contributed by atoms with Crippen LogP contribution < -0.4 is 0 Å². The van der Waals surface area contributed by atoms with Crippen molar-refractivity contribution in [2.24, 2.45) is 0 Å². The van der Waals surface area contributed by atoms with Crippen LogP contribution in [0.25, 0.3) is 0 Å². The first-order valence-electron chi connectivity index (χ1n) is 12.1. The quantitative estimate of drug-likeness (QED) is 0.0937. The van der Waals surface area contributed by atoms with Crippen molar-refractivity contribution < 1.29 is 23.2 Å². The number of rotatable bonds is 17. The van der Waals surface area contributed by atoms with Crippen molar-refractivity contribution in [1.29, 1.82) is 0 Å². The van der Waals surface area contributed by atoms with E-state index >= 15 is 0 Å². The van der Waals surface area contributed by atoms with Crippen LogP contribution in [0.5, 0.6) is 0 Å². The minimum absolute atomic E-state index is 0. The first-order chi connectivity index (χ1) is 13.4. The third kappa shape index (κ3) is 22.3. The zero-order valence-corrected chi connectivity index (χ0v) is 20.4. The molecule has 6 heteroatoms. The van der Waals surface area contributed by atoms with Gasteiger partial charge in [-0.3, -0.25) is 0 Å². The van der Waals surface area contributed by atoms with Crippen LogP contribution in [0.1, 0.15) is 125 Å². The molecule has 29 heavy (non-hydrogen) atoms. The first kappa shape index (κ1) is 30.9. The topological polar surface area (TPSA) is 0 Å². The molecule has 0 bridgehead atoms. The van der Waals surface area contributed by atoms with Crippen molar-refractivity contribution in [2.45, 2.75) is 130 Å². The summed E-state index contributed by atoms with van der Waals surface area (Å²) in [5, 5.41) is 0. The van der Waals surface area contributed by atoms with Gasteiger partial charge >= 0.3 is 8.68 Å². The van der Waals surface area contributed by atoms with E-state index in [1.54, 1.807) is 0 Å². The molecule has 0 rings (SSSR count). The summed E-state index contributed by atoms with van der Waals surface area (Å²) in [6.45, 7) is 10.8. The van der Waals surface area contributed by atoms with Gasteiger partial charge in [0, 0.05) is 0 Å². The highest BCUT2D eigenvalue weighted by atomic mass is 19.5. The number of hydrogen-bond acceptors (Lipinski definition) is 0. The van der Waals surface area contributed by atoms with Crippen LogP contribution in [-0.4, -0.2) is 37.9 Å². The molecule has 0 N–H and O–H groups in total. The maximum Gasteiger partial charge on any atom is 1.00 e. The van der Waals surface area contributed by atoms with Gasteiger partial charge in [-0.05, 0) is 33.1 Å². The average molecular weight is 428 g/mol. The van der Waals surface area contributed by atoms with Gasteiger partial charge in [-0.15, -0.1) is 0 Å². The third-order valence-corrected chi connectivity index (χ3v) is 6.57. The lowest BCUT2D eigenvalue weighted by molar-refractivity contribution is -0.938. The molecule has 0 aliphatic rings. The van der Waals surface area contributed by atoms with E-state index in [1.807, 2.05) is 0 Å². The second-order valence-electron chi connectivity index (χ2n) is 9.67. The van der Waals surface area contributed by atoms with Crippen molar-refractivity contribution in [3.8, 4) is 0 Å². The molecular weight excluding hydrogens is 377 g/mol. The summed E-state index contributed by atoms with van der Waals surface area (Å²) in [4.78, 5) is 0. The van der Waals surface area contributed by atoms with Gasteiger partial charge in [0.25, 0.3) is 0 Å². The predicted molar refractivity (Wildman–Crippen MR) is 123 cm³/mol. The van der Waals surface area contributed by atoms with Crippen molar-refractivity contribution in [3.05, 3.63) is 0 Å². The molecule has 0 aromatic rings. The van der Waals surface area contributed by atoms with Gasteiger partial charge in [0.15, 0.2) is 0 Å². The summed E-state index contributed by atoms with van der Waals surface area (Å²) in [7, 11) is -1.18. The van der Waals surface area contributed by atoms with Crippen molar-refractivity contribution in [3.63, 3.8) is 0 Å². The molecule has 0 radical (unpaired) electrons. The van der Waals surface area contributed by atoms with Crippen LogP contribution in [0.15, 0.2) is 0 Å². The van der Waals surface area contributed by atoms with Crippen molar-refractivity contribution in [2.75, 3.05) is 20.6 Å². The highest BCUT2D eigenvalue weighted by Crippen LogP contribution is 2.24. The Labute approximate surface area is 181 Å². The van der Waals surface area contributed by atoms with E-state index in [-0.39, 0.29) is 1.43 Å². The Kier molecular flexibility index (Phi) is 18.6. The van der Waals surface area contributed by atoms with Gasteiger partial charge < -0.3 is 21.7 Å². The number of halogens is 4. The molecule has 0 aliphatic carbocycles.